The molecular weight excluding hydrogens is 308 g/mol. The number of nitrogens with one attached hydrogen (secondary N) is 1. The zero-order valence-corrected chi connectivity index (χ0v) is 13.1. The summed E-state index contributed by atoms with van der Waals surface area (Å²) in [4.78, 5) is 0. The number of rotatable bonds is 5. The summed E-state index contributed by atoms with van der Waals surface area (Å²) in [6.07, 6.45) is 1.44. The Morgan fingerprint density at radius 1 is 1.36 bits per heavy atom. The second kappa shape index (κ2) is 6.50. The van der Waals surface area contributed by atoms with Crippen molar-refractivity contribution in [2.75, 3.05) is 0 Å². The van der Waals surface area contributed by atoms with Crippen LogP contribution in [0.5, 0.6) is 0 Å². The van der Waals surface area contributed by atoms with E-state index in [1.54, 1.807) is 18.2 Å². The van der Waals surface area contributed by atoms with Crippen molar-refractivity contribution in [1.82, 2.24) is 5.43 Å². The van der Waals surface area contributed by atoms with Gasteiger partial charge in [0.15, 0.2) is 0 Å². The van der Waals surface area contributed by atoms with Gasteiger partial charge in [0.1, 0.15) is 17.0 Å². The van der Waals surface area contributed by atoms with Gasteiger partial charge in [0.2, 0.25) is 0 Å². The third-order valence-corrected chi connectivity index (χ3v) is 3.15. The molecule has 1 aromatic carbocycles. The predicted octanol–water partition coefficient (Wildman–Crippen LogP) is 3.46. The van der Waals surface area contributed by atoms with E-state index in [1.807, 2.05) is 6.92 Å². The van der Waals surface area contributed by atoms with E-state index >= 15 is 0 Å². The lowest BCUT2D eigenvalue weighted by Gasteiger charge is -2.13. The highest BCUT2D eigenvalue weighted by Gasteiger charge is 2.25. The first-order chi connectivity index (χ1) is 10.3. The van der Waals surface area contributed by atoms with Crippen LogP contribution < -0.4 is 11.2 Å². The van der Waals surface area contributed by atoms with E-state index in [0.717, 1.165) is 12.5 Å². The molecule has 0 spiro atoms. The standard InChI is InChI=1S/C15H17F2N3OS/c1-9-3-4-10(15(2,16)17)7-12(9)13-6-5-11(21-13)8-19-20-14(18)22/h3-8,14,20,22H,18H2,1-2H3/b19-8+. The highest BCUT2D eigenvalue weighted by atomic mass is 32.1. The second-order valence-electron chi connectivity index (χ2n) is 4.95. The minimum Gasteiger partial charge on any atom is -0.455 e. The number of hydrogen-bond donors (Lipinski definition) is 3. The molecule has 0 fully saturated rings. The van der Waals surface area contributed by atoms with E-state index in [9.17, 15) is 8.78 Å². The van der Waals surface area contributed by atoms with Crippen molar-refractivity contribution >= 4 is 18.8 Å². The molecule has 22 heavy (non-hydrogen) atoms. The summed E-state index contributed by atoms with van der Waals surface area (Å²) in [5, 5.41) is 3.84. The predicted molar refractivity (Wildman–Crippen MR) is 86.1 cm³/mol. The lowest BCUT2D eigenvalue weighted by molar-refractivity contribution is 0.0175. The summed E-state index contributed by atoms with van der Waals surface area (Å²) in [6.45, 7) is 2.71. The molecule has 0 saturated carbocycles. The van der Waals surface area contributed by atoms with Gasteiger partial charge >= 0.3 is 0 Å². The van der Waals surface area contributed by atoms with Crippen LogP contribution >= 0.6 is 12.6 Å². The van der Waals surface area contributed by atoms with Crippen molar-refractivity contribution in [3.63, 3.8) is 0 Å². The number of benzene rings is 1. The Kier molecular flexibility index (Phi) is 4.87. The van der Waals surface area contributed by atoms with E-state index < -0.39 is 11.4 Å². The van der Waals surface area contributed by atoms with Crippen molar-refractivity contribution in [2.45, 2.75) is 25.3 Å². The van der Waals surface area contributed by atoms with Crippen LogP contribution in [0, 0.1) is 6.92 Å². The molecular formula is C15H17F2N3OS. The van der Waals surface area contributed by atoms with Crippen LogP contribution in [-0.4, -0.2) is 11.7 Å². The molecule has 2 rings (SSSR count). The van der Waals surface area contributed by atoms with Crippen LogP contribution in [-0.2, 0) is 5.92 Å². The Morgan fingerprint density at radius 3 is 2.73 bits per heavy atom. The maximum Gasteiger partial charge on any atom is 0.270 e. The summed E-state index contributed by atoms with van der Waals surface area (Å²) >= 11 is 3.91. The van der Waals surface area contributed by atoms with Crippen LogP contribution in [0.4, 0.5) is 8.78 Å². The largest absolute Gasteiger partial charge is 0.455 e. The second-order valence-corrected chi connectivity index (χ2v) is 5.51. The SMILES string of the molecule is Cc1ccc(C(C)(F)F)cc1-c1ccc(/C=N/NC(N)S)o1. The Labute approximate surface area is 132 Å². The number of hydrogen-bond acceptors (Lipinski definition) is 5. The minimum atomic E-state index is -2.90. The Hall–Kier alpha value is -1.86. The third kappa shape index (κ3) is 4.08. The van der Waals surface area contributed by atoms with E-state index in [4.69, 9.17) is 10.2 Å². The first-order valence-corrected chi connectivity index (χ1v) is 7.10. The summed E-state index contributed by atoms with van der Waals surface area (Å²) < 4.78 is 32.5. The smallest absolute Gasteiger partial charge is 0.270 e. The summed E-state index contributed by atoms with van der Waals surface area (Å²) in [7, 11) is 0. The van der Waals surface area contributed by atoms with Crippen molar-refractivity contribution in [3.05, 3.63) is 47.2 Å². The number of nitrogens with two attached hydrogens (primary N) is 1. The first kappa shape index (κ1) is 16.5. The Balaban J connectivity index is 2.29. The zero-order chi connectivity index (χ0) is 16.3. The molecule has 0 saturated heterocycles. The minimum absolute atomic E-state index is 0.0533. The van der Waals surface area contributed by atoms with Crippen LogP contribution in [0.1, 0.15) is 23.8 Å². The number of furan rings is 1. The molecule has 0 bridgehead atoms. The fourth-order valence-corrected chi connectivity index (χ4v) is 1.97. The van der Waals surface area contributed by atoms with Crippen LogP contribution in [0.15, 0.2) is 39.9 Å². The highest BCUT2D eigenvalue weighted by Crippen LogP contribution is 2.33. The van der Waals surface area contributed by atoms with Crippen LogP contribution in [0.2, 0.25) is 0 Å². The van der Waals surface area contributed by atoms with Crippen LogP contribution in [0.25, 0.3) is 11.3 Å². The molecule has 1 atom stereocenters. The molecule has 3 N–H and O–H groups in total. The Bertz CT molecular complexity index is 678. The number of aryl methyl sites for hydroxylation is 1. The molecule has 118 valence electrons. The quantitative estimate of drug-likeness (QED) is 0.341. The first-order valence-electron chi connectivity index (χ1n) is 6.59. The van der Waals surface area contributed by atoms with Gasteiger partial charge in [-0.25, -0.2) is 8.78 Å². The molecule has 1 unspecified atom stereocenters. The summed E-state index contributed by atoms with van der Waals surface area (Å²) in [6, 6.07) is 7.92. The number of nitrogens with zero attached hydrogens (tertiary/aromatic N) is 1. The van der Waals surface area contributed by atoms with Crippen molar-refractivity contribution in [1.29, 1.82) is 0 Å². The molecule has 7 heteroatoms. The monoisotopic (exact) mass is 325 g/mol. The van der Waals surface area contributed by atoms with E-state index in [2.05, 4.69) is 23.2 Å². The Morgan fingerprint density at radius 2 is 2.09 bits per heavy atom. The van der Waals surface area contributed by atoms with Crippen molar-refractivity contribution in [2.24, 2.45) is 10.8 Å². The van der Waals surface area contributed by atoms with Crippen molar-refractivity contribution in [3.8, 4) is 11.3 Å². The number of alkyl halides is 2. The molecule has 0 radical (unpaired) electrons. The fraction of sp³-hybridized carbons (Fsp3) is 0.267. The molecule has 0 aliphatic heterocycles. The van der Waals surface area contributed by atoms with Gasteiger partial charge in [0, 0.05) is 18.1 Å². The zero-order valence-electron chi connectivity index (χ0n) is 12.2. The normalized spacial score (nSPS) is 13.5. The maximum atomic E-state index is 13.5. The van der Waals surface area contributed by atoms with Gasteiger partial charge in [0.25, 0.3) is 5.92 Å². The van der Waals surface area contributed by atoms with Crippen LogP contribution in [0.3, 0.4) is 0 Å². The number of halogens is 2. The van der Waals surface area contributed by atoms with Gasteiger partial charge in [-0.1, -0.05) is 12.1 Å². The average molecular weight is 325 g/mol. The lowest BCUT2D eigenvalue weighted by Crippen LogP contribution is -2.27. The van der Waals surface area contributed by atoms with Gasteiger partial charge in [0.05, 0.1) is 6.21 Å². The molecule has 0 amide bonds. The summed E-state index contributed by atoms with van der Waals surface area (Å²) in [5.41, 5.74) is 8.75. The molecule has 1 heterocycles. The summed E-state index contributed by atoms with van der Waals surface area (Å²) in [5.74, 6) is -1.92. The van der Waals surface area contributed by atoms with Gasteiger partial charge in [-0.15, -0.1) is 12.6 Å². The molecule has 0 aliphatic rings. The van der Waals surface area contributed by atoms with Gasteiger partial charge in [-0.05, 0) is 30.7 Å². The van der Waals surface area contributed by atoms with Gasteiger partial charge in [-0.3, -0.25) is 5.43 Å². The molecule has 1 aromatic heterocycles. The molecule has 0 aliphatic carbocycles. The highest BCUT2D eigenvalue weighted by molar-refractivity contribution is 7.80. The number of thiol groups is 1. The van der Waals surface area contributed by atoms with Crippen molar-refractivity contribution < 1.29 is 13.2 Å². The maximum absolute atomic E-state index is 13.5. The van der Waals surface area contributed by atoms with Gasteiger partial charge in [-0.2, -0.15) is 5.10 Å². The van der Waals surface area contributed by atoms with Gasteiger partial charge < -0.3 is 10.2 Å². The number of hydrazone groups is 1. The average Bonchev–Trinajstić information content (AvgIpc) is 2.86. The fourth-order valence-electron chi connectivity index (χ4n) is 1.90. The third-order valence-electron chi connectivity index (χ3n) is 3.04. The van der Waals surface area contributed by atoms with E-state index in [1.165, 1.54) is 18.3 Å². The molecule has 4 nitrogen and oxygen atoms in total. The topological polar surface area (TPSA) is 63.5 Å². The molecule has 2 aromatic rings. The lowest BCUT2D eigenvalue weighted by atomic mass is 10.0. The van der Waals surface area contributed by atoms with E-state index in [0.29, 0.717) is 17.1 Å². The van der Waals surface area contributed by atoms with E-state index in [-0.39, 0.29) is 5.56 Å².